The zero-order chi connectivity index (χ0) is 17.7. The van der Waals surface area contributed by atoms with Gasteiger partial charge in [-0.25, -0.2) is 18.4 Å². The second kappa shape index (κ2) is 7.79. The van der Waals surface area contributed by atoms with E-state index >= 15 is 0 Å². The third-order valence-electron chi connectivity index (χ3n) is 4.03. The normalized spacial score (nSPS) is 15.2. The average Bonchev–Trinajstić information content (AvgIpc) is 3.17. The van der Waals surface area contributed by atoms with Crippen LogP contribution in [0.25, 0.3) is 0 Å². The van der Waals surface area contributed by atoms with Crippen molar-refractivity contribution in [2.24, 2.45) is 0 Å². The van der Waals surface area contributed by atoms with E-state index in [1.165, 1.54) is 10.5 Å². The predicted octanol–water partition coefficient (Wildman–Crippen LogP) is 2.27. The van der Waals surface area contributed by atoms with Gasteiger partial charge in [-0.05, 0) is 38.0 Å². The van der Waals surface area contributed by atoms with Crippen LogP contribution in [0.1, 0.15) is 25.3 Å². The van der Waals surface area contributed by atoms with Gasteiger partial charge in [-0.1, -0.05) is 6.07 Å². The Kier molecular flexibility index (Phi) is 5.50. The van der Waals surface area contributed by atoms with Gasteiger partial charge in [0.15, 0.2) is 0 Å². The number of hydrogen-bond acceptors (Lipinski definition) is 6. The quantitative estimate of drug-likeness (QED) is 0.813. The van der Waals surface area contributed by atoms with E-state index in [0.29, 0.717) is 37.9 Å². The first-order valence-electron chi connectivity index (χ1n) is 8.38. The van der Waals surface area contributed by atoms with Crippen molar-refractivity contribution in [2.75, 3.05) is 25.0 Å². The second-order valence-electron chi connectivity index (χ2n) is 5.74. The molecule has 0 unspecified atom stereocenters. The fourth-order valence-electron chi connectivity index (χ4n) is 2.73. The van der Waals surface area contributed by atoms with Crippen LogP contribution in [-0.4, -0.2) is 42.4 Å². The monoisotopic (exact) mass is 362 g/mol. The molecule has 1 aliphatic rings. The maximum Gasteiger partial charge on any atom is 0.244 e. The van der Waals surface area contributed by atoms with Crippen molar-refractivity contribution in [1.29, 1.82) is 0 Å². The van der Waals surface area contributed by atoms with Gasteiger partial charge in [0, 0.05) is 37.6 Å². The molecule has 1 N–H and O–H groups in total. The Labute approximate surface area is 148 Å². The highest BCUT2D eigenvalue weighted by atomic mass is 32.2. The maximum atomic E-state index is 12.5. The van der Waals surface area contributed by atoms with E-state index in [9.17, 15) is 8.42 Å². The van der Waals surface area contributed by atoms with E-state index in [0.717, 1.165) is 18.4 Å². The molecule has 1 aliphatic heterocycles. The molecule has 0 amide bonds. The number of pyridine rings is 2. The highest BCUT2D eigenvalue weighted by molar-refractivity contribution is 7.89. The number of nitrogens with one attached hydrogen (secondary N) is 1. The summed E-state index contributed by atoms with van der Waals surface area (Å²) in [5.41, 5.74) is 0.917. The van der Waals surface area contributed by atoms with Crippen molar-refractivity contribution >= 4 is 15.8 Å². The molecular formula is C17H22N4O3S. The van der Waals surface area contributed by atoms with E-state index in [1.807, 2.05) is 19.1 Å². The van der Waals surface area contributed by atoms with E-state index in [1.54, 1.807) is 18.3 Å². The largest absolute Gasteiger partial charge is 0.478 e. The van der Waals surface area contributed by atoms with Crippen LogP contribution >= 0.6 is 0 Å². The standard InChI is InChI=1S/C17H22N4O3S/c1-2-24-17-14(6-5-9-18-17)12-19-16-8-7-15(13-20-16)25(22,23)21-10-3-4-11-21/h5-9,13H,2-4,10-12H2,1H3,(H,19,20). The van der Waals surface area contributed by atoms with Crippen LogP contribution in [0.2, 0.25) is 0 Å². The van der Waals surface area contributed by atoms with Gasteiger partial charge in [-0.15, -0.1) is 0 Å². The molecule has 1 fully saturated rings. The lowest BCUT2D eigenvalue weighted by molar-refractivity contribution is 0.323. The number of nitrogens with zero attached hydrogens (tertiary/aromatic N) is 3. The number of aromatic nitrogens is 2. The third kappa shape index (κ3) is 4.08. The topological polar surface area (TPSA) is 84.4 Å². The van der Waals surface area contributed by atoms with Crippen LogP contribution in [0.4, 0.5) is 5.82 Å². The minimum absolute atomic E-state index is 0.233. The van der Waals surface area contributed by atoms with Crippen molar-refractivity contribution in [1.82, 2.24) is 14.3 Å². The molecule has 0 radical (unpaired) electrons. The average molecular weight is 362 g/mol. The molecule has 3 rings (SSSR count). The Balaban J connectivity index is 1.67. The Hall–Kier alpha value is -2.19. The summed E-state index contributed by atoms with van der Waals surface area (Å²) in [4.78, 5) is 8.67. The lowest BCUT2D eigenvalue weighted by Gasteiger charge is -2.15. The van der Waals surface area contributed by atoms with Gasteiger partial charge in [0.1, 0.15) is 10.7 Å². The van der Waals surface area contributed by atoms with Gasteiger partial charge in [0.2, 0.25) is 15.9 Å². The first-order chi connectivity index (χ1) is 12.1. The minimum Gasteiger partial charge on any atom is -0.478 e. The van der Waals surface area contributed by atoms with Crippen LogP contribution in [0.3, 0.4) is 0 Å². The molecule has 3 heterocycles. The molecule has 134 valence electrons. The molecule has 7 nitrogen and oxygen atoms in total. The Morgan fingerprint density at radius 2 is 2.00 bits per heavy atom. The molecule has 25 heavy (non-hydrogen) atoms. The fraction of sp³-hybridized carbons (Fsp3) is 0.412. The summed E-state index contributed by atoms with van der Waals surface area (Å²) in [6.45, 7) is 4.12. The number of rotatable bonds is 7. The third-order valence-corrected chi connectivity index (χ3v) is 5.91. The lowest BCUT2D eigenvalue weighted by Crippen LogP contribution is -2.27. The molecule has 1 saturated heterocycles. The predicted molar refractivity (Wildman–Crippen MR) is 95.0 cm³/mol. The summed E-state index contributed by atoms with van der Waals surface area (Å²) < 4.78 is 32.0. The summed E-state index contributed by atoms with van der Waals surface area (Å²) in [7, 11) is -3.42. The fourth-order valence-corrected chi connectivity index (χ4v) is 4.19. The Morgan fingerprint density at radius 1 is 1.20 bits per heavy atom. The molecule has 0 aromatic carbocycles. The maximum absolute atomic E-state index is 12.5. The molecule has 0 saturated carbocycles. The SMILES string of the molecule is CCOc1ncccc1CNc1ccc(S(=O)(=O)N2CCCC2)cn1. The van der Waals surface area contributed by atoms with Crippen molar-refractivity contribution in [3.05, 3.63) is 42.2 Å². The van der Waals surface area contributed by atoms with Gasteiger partial charge in [0.25, 0.3) is 0 Å². The van der Waals surface area contributed by atoms with Gasteiger partial charge in [-0.2, -0.15) is 4.31 Å². The second-order valence-corrected chi connectivity index (χ2v) is 7.68. The molecule has 0 spiro atoms. The summed E-state index contributed by atoms with van der Waals surface area (Å²) in [5.74, 6) is 1.19. The summed E-state index contributed by atoms with van der Waals surface area (Å²) in [6.07, 6.45) is 4.92. The zero-order valence-corrected chi connectivity index (χ0v) is 15.0. The van der Waals surface area contributed by atoms with E-state index in [-0.39, 0.29) is 4.90 Å². The Bertz CT molecular complexity index is 803. The van der Waals surface area contributed by atoms with Crippen molar-refractivity contribution in [3.8, 4) is 5.88 Å². The number of ether oxygens (including phenoxy) is 1. The lowest BCUT2D eigenvalue weighted by atomic mass is 10.2. The molecule has 0 aliphatic carbocycles. The van der Waals surface area contributed by atoms with Crippen molar-refractivity contribution in [3.63, 3.8) is 0 Å². The molecular weight excluding hydrogens is 340 g/mol. The van der Waals surface area contributed by atoms with Crippen LogP contribution in [-0.2, 0) is 16.6 Å². The summed E-state index contributed by atoms with van der Waals surface area (Å²) in [6, 6.07) is 7.05. The van der Waals surface area contributed by atoms with Crippen LogP contribution in [0.5, 0.6) is 5.88 Å². The number of anilines is 1. The first-order valence-corrected chi connectivity index (χ1v) is 9.82. The van der Waals surface area contributed by atoms with Gasteiger partial charge >= 0.3 is 0 Å². The molecule has 0 atom stereocenters. The summed E-state index contributed by atoms with van der Waals surface area (Å²) >= 11 is 0. The van der Waals surface area contributed by atoms with Crippen molar-refractivity contribution in [2.45, 2.75) is 31.2 Å². The number of sulfonamides is 1. The molecule has 0 bridgehead atoms. The number of hydrogen-bond donors (Lipinski definition) is 1. The minimum atomic E-state index is -3.42. The van der Waals surface area contributed by atoms with Crippen LogP contribution < -0.4 is 10.1 Å². The Morgan fingerprint density at radius 3 is 2.68 bits per heavy atom. The van der Waals surface area contributed by atoms with Crippen LogP contribution in [0, 0.1) is 0 Å². The van der Waals surface area contributed by atoms with Gasteiger partial charge < -0.3 is 10.1 Å². The molecule has 8 heteroatoms. The van der Waals surface area contributed by atoms with E-state index < -0.39 is 10.0 Å². The molecule has 2 aromatic rings. The van der Waals surface area contributed by atoms with E-state index in [4.69, 9.17) is 4.74 Å². The van der Waals surface area contributed by atoms with Gasteiger partial charge in [0.05, 0.1) is 6.61 Å². The highest BCUT2D eigenvalue weighted by Gasteiger charge is 2.27. The summed E-state index contributed by atoms with van der Waals surface area (Å²) in [5, 5.41) is 3.17. The highest BCUT2D eigenvalue weighted by Crippen LogP contribution is 2.21. The van der Waals surface area contributed by atoms with E-state index in [2.05, 4.69) is 15.3 Å². The molecule has 2 aromatic heterocycles. The van der Waals surface area contributed by atoms with Gasteiger partial charge in [-0.3, -0.25) is 0 Å². The smallest absolute Gasteiger partial charge is 0.244 e. The van der Waals surface area contributed by atoms with Crippen LogP contribution in [0.15, 0.2) is 41.6 Å². The van der Waals surface area contributed by atoms with Crippen molar-refractivity contribution < 1.29 is 13.2 Å². The zero-order valence-electron chi connectivity index (χ0n) is 14.2. The first kappa shape index (κ1) is 17.6.